The average molecular weight is 296 g/mol. The van der Waals surface area contributed by atoms with E-state index in [0.717, 1.165) is 25.8 Å². The number of hydrogen-bond donors (Lipinski definition) is 1. The zero-order valence-corrected chi connectivity index (χ0v) is 14.7. The molecule has 21 heavy (non-hydrogen) atoms. The molecule has 1 heterocycles. The summed E-state index contributed by atoms with van der Waals surface area (Å²) < 4.78 is 0. The van der Waals surface area contributed by atoms with Gasteiger partial charge in [0, 0.05) is 6.54 Å². The second-order valence-electron chi connectivity index (χ2n) is 6.73. The van der Waals surface area contributed by atoms with Crippen molar-refractivity contribution in [3.05, 3.63) is 0 Å². The number of carbonyl (C=O) groups is 1. The highest BCUT2D eigenvalue weighted by atomic mass is 16.2. The van der Waals surface area contributed by atoms with Gasteiger partial charge >= 0.3 is 0 Å². The minimum absolute atomic E-state index is 0.243. The van der Waals surface area contributed by atoms with E-state index >= 15 is 0 Å². The molecule has 0 aliphatic carbocycles. The number of carbonyl (C=O) groups excluding carboxylic acids is 1. The second kappa shape index (κ2) is 9.45. The molecule has 124 valence electrons. The maximum atomic E-state index is 12.5. The Bertz CT molecular complexity index is 306. The first kappa shape index (κ1) is 18.5. The van der Waals surface area contributed by atoms with E-state index in [4.69, 9.17) is 0 Å². The molecule has 2 unspecified atom stereocenters. The van der Waals surface area contributed by atoms with E-state index < -0.39 is 0 Å². The molecule has 1 aliphatic rings. The zero-order valence-electron chi connectivity index (χ0n) is 14.7. The van der Waals surface area contributed by atoms with Crippen molar-refractivity contribution in [2.75, 3.05) is 6.54 Å². The van der Waals surface area contributed by atoms with Crippen LogP contribution in [0.3, 0.4) is 0 Å². The van der Waals surface area contributed by atoms with Gasteiger partial charge in [0.1, 0.15) is 0 Å². The van der Waals surface area contributed by atoms with Crippen molar-refractivity contribution in [1.29, 1.82) is 0 Å². The van der Waals surface area contributed by atoms with Crippen LogP contribution in [0.1, 0.15) is 91.9 Å². The molecule has 1 amide bonds. The summed E-state index contributed by atoms with van der Waals surface area (Å²) in [6.45, 7) is 9.49. The Morgan fingerprint density at radius 1 is 1.00 bits per heavy atom. The molecule has 0 radical (unpaired) electrons. The quantitative estimate of drug-likeness (QED) is 0.571. The molecule has 0 saturated carbocycles. The van der Waals surface area contributed by atoms with Gasteiger partial charge in [-0.15, -0.1) is 0 Å². The summed E-state index contributed by atoms with van der Waals surface area (Å²) in [6, 6.07) is 0. The Hall–Kier alpha value is -0.570. The van der Waals surface area contributed by atoms with E-state index in [1.54, 1.807) is 0 Å². The van der Waals surface area contributed by atoms with Crippen LogP contribution >= 0.6 is 0 Å². The molecule has 3 nitrogen and oxygen atoms in total. The largest absolute Gasteiger partial charge is 0.326 e. The first-order valence-electron chi connectivity index (χ1n) is 9.17. The minimum Gasteiger partial charge on any atom is -0.326 e. The fraction of sp³-hybridized carbons (Fsp3) is 0.944. The number of nitrogens with zero attached hydrogens (tertiary/aromatic N) is 1. The number of nitrogens with one attached hydrogen (secondary N) is 1. The Kier molecular flexibility index (Phi) is 8.31. The molecule has 0 aromatic carbocycles. The summed E-state index contributed by atoms with van der Waals surface area (Å²) in [6.07, 6.45) is 12.7. The molecule has 0 aromatic rings. The van der Waals surface area contributed by atoms with Crippen LogP contribution in [0, 0.1) is 0 Å². The lowest BCUT2D eigenvalue weighted by molar-refractivity contribution is -0.133. The van der Waals surface area contributed by atoms with E-state index in [1.807, 2.05) is 6.92 Å². The average Bonchev–Trinajstić information content (AvgIpc) is 2.74. The molecule has 1 fully saturated rings. The van der Waals surface area contributed by atoms with Crippen LogP contribution in [-0.2, 0) is 4.79 Å². The highest BCUT2D eigenvalue weighted by Gasteiger charge is 2.45. The third-order valence-corrected chi connectivity index (χ3v) is 4.94. The highest BCUT2D eigenvalue weighted by Crippen LogP contribution is 2.25. The molecule has 2 atom stereocenters. The summed E-state index contributed by atoms with van der Waals surface area (Å²) >= 11 is 0. The van der Waals surface area contributed by atoms with Gasteiger partial charge in [0.25, 0.3) is 0 Å². The van der Waals surface area contributed by atoms with Crippen LogP contribution in [0.15, 0.2) is 0 Å². The number of amides is 1. The molecule has 1 aliphatic heterocycles. The van der Waals surface area contributed by atoms with Gasteiger partial charge in [-0.1, -0.05) is 65.7 Å². The molecule has 1 rings (SSSR count). The Balaban J connectivity index is 2.23. The zero-order chi connectivity index (χ0) is 15.7. The first-order chi connectivity index (χ1) is 10.1. The predicted molar refractivity (Wildman–Crippen MR) is 90.2 cm³/mol. The minimum atomic E-state index is -0.333. The third-order valence-electron chi connectivity index (χ3n) is 4.94. The van der Waals surface area contributed by atoms with Crippen molar-refractivity contribution >= 4 is 5.91 Å². The van der Waals surface area contributed by atoms with Gasteiger partial charge in [0.2, 0.25) is 5.91 Å². The Morgan fingerprint density at radius 3 is 2.10 bits per heavy atom. The lowest BCUT2D eigenvalue weighted by Gasteiger charge is -2.23. The summed E-state index contributed by atoms with van der Waals surface area (Å²) in [5.41, 5.74) is -0.333. The van der Waals surface area contributed by atoms with Gasteiger partial charge in [-0.05, 0) is 26.2 Å². The molecule has 3 heteroatoms. The van der Waals surface area contributed by atoms with Crippen LogP contribution in [-0.4, -0.2) is 29.1 Å². The molecule has 1 N–H and O–H groups in total. The molecule has 0 spiro atoms. The van der Waals surface area contributed by atoms with Gasteiger partial charge < -0.3 is 4.90 Å². The van der Waals surface area contributed by atoms with Crippen LogP contribution in [0.5, 0.6) is 0 Å². The monoisotopic (exact) mass is 296 g/mol. The second-order valence-corrected chi connectivity index (χ2v) is 6.73. The van der Waals surface area contributed by atoms with Crippen molar-refractivity contribution in [1.82, 2.24) is 10.2 Å². The normalized spacial score (nSPS) is 25.8. The van der Waals surface area contributed by atoms with E-state index in [1.165, 1.54) is 44.9 Å². The topological polar surface area (TPSA) is 32.3 Å². The number of rotatable bonds is 11. The summed E-state index contributed by atoms with van der Waals surface area (Å²) in [7, 11) is 0. The van der Waals surface area contributed by atoms with Crippen molar-refractivity contribution in [3.8, 4) is 0 Å². The van der Waals surface area contributed by atoms with Gasteiger partial charge in [-0.25, -0.2) is 0 Å². The Morgan fingerprint density at radius 2 is 1.57 bits per heavy atom. The van der Waals surface area contributed by atoms with Gasteiger partial charge in [0.05, 0.1) is 11.7 Å². The van der Waals surface area contributed by atoms with Crippen LogP contribution in [0.25, 0.3) is 0 Å². The molecule has 0 aromatic heterocycles. The maximum absolute atomic E-state index is 12.5. The summed E-state index contributed by atoms with van der Waals surface area (Å²) in [5, 5.41) is 3.52. The first-order valence-corrected chi connectivity index (χ1v) is 9.17. The van der Waals surface area contributed by atoms with Crippen molar-refractivity contribution < 1.29 is 4.79 Å². The van der Waals surface area contributed by atoms with Gasteiger partial charge in [0.15, 0.2) is 0 Å². The number of hydrogen-bond acceptors (Lipinski definition) is 2. The lowest BCUT2D eigenvalue weighted by atomic mass is 9.99. The van der Waals surface area contributed by atoms with E-state index in [9.17, 15) is 4.79 Å². The highest BCUT2D eigenvalue weighted by molar-refractivity contribution is 5.88. The van der Waals surface area contributed by atoms with Crippen LogP contribution in [0.4, 0.5) is 0 Å². The van der Waals surface area contributed by atoms with Crippen molar-refractivity contribution in [2.24, 2.45) is 0 Å². The fourth-order valence-corrected chi connectivity index (χ4v) is 3.22. The van der Waals surface area contributed by atoms with Crippen LogP contribution in [0.2, 0.25) is 0 Å². The summed E-state index contributed by atoms with van der Waals surface area (Å²) in [4.78, 5) is 14.6. The summed E-state index contributed by atoms with van der Waals surface area (Å²) in [5.74, 6) is 0.305. The van der Waals surface area contributed by atoms with E-state index in [2.05, 4.69) is 31.0 Å². The van der Waals surface area contributed by atoms with Gasteiger partial charge in [-0.2, -0.15) is 0 Å². The molecular weight excluding hydrogens is 260 g/mol. The third kappa shape index (κ3) is 5.28. The maximum Gasteiger partial charge on any atom is 0.243 e. The fourth-order valence-electron chi connectivity index (χ4n) is 3.22. The van der Waals surface area contributed by atoms with Crippen molar-refractivity contribution in [2.45, 2.75) is 104 Å². The standard InChI is InChI=1S/C18H36N2O/c1-5-8-9-10-11-12-13-14-15-20-16(6-2)19-18(4,7-3)17(20)21/h16,19H,5-15H2,1-4H3. The molecule has 0 bridgehead atoms. The Labute approximate surface area is 131 Å². The van der Waals surface area contributed by atoms with Gasteiger partial charge in [-0.3, -0.25) is 10.1 Å². The SMILES string of the molecule is CCCCCCCCCCN1C(=O)C(C)(CC)NC1CC. The van der Waals surface area contributed by atoms with Crippen molar-refractivity contribution in [3.63, 3.8) is 0 Å². The van der Waals surface area contributed by atoms with E-state index in [-0.39, 0.29) is 11.7 Å². The predicted octanol–water partition coefficient (Wildman–Crippen LogP) is 4.46. The van der Waals surface area contributed by atoms with E-state index in [0.29, 0.717) is 5.91 Å². The smallest absolute Gasteiger partial charge is 0.243 e. The molecule has 1 saturated heterocycles. The number of unbranched alkanes of at least 4 members (excludes halogenated alkanes) is 7. The molecular formula is C18H36N2O. The lowest BCUT2D eigenvalue weighted by Crippen LogP contribution is -2.43. The van der Waals surface area contributed by atoms with Crippen LogP contribution < -0.4 is 5.32 Å².